The quantitative estimate of drug-likeness (QED) is 0.835. The second-order valence-electron chi connectivity index (χ2n) is 5.03. The second kappa shape index (κ2) is 7.78. The number of carbonyl (C=O) groups excluding carboxylic acids is 2. The molecule has 0 aliphatic carbocycles. The van der Waals surface area contributed by atoms with E-state index in [9.17, 15) is 9.59 Å². The molecule has 5 nitrogen and oxygen atoms in total. The number of amides is 2. The van der Waals surface area contributed by atoms with E-state index >= 15 is 0 Å². The van der Waals surface area contributed by atoms with E-state index in [1.165, 1.54) is 6.92 Å². The second-order valence-corrected chi connectivity index (χ2v) is 5.88. The van der Waals surface area contributed by atoms with Crippen LogP contribution in [-0.4, -0.2) is 18.4 Å². The van der Waals surface area contributed by atoms with Gasteiger partial charge in [0.1, 0.15) is 5.75 Å². The molecule has 2 aromatic rings. The maximum absolute atomic E-state index is 12.0. The van der Waals surface area contributed by atoms with Crippen molar-refractivity contribution in [3.05, 3.63) is 52.5 Å². The Labute approximate surface area is 143 Å². The van der Waals surface area contributed by atoms with Crippen molar-refractivity contribution in [1.29, 1.82) is 0 Å². The SMILES string of the molecule is CC(=O)Nc1cccc(OCC(=O)Nc2ccc(C)cc2Br)c1. The summed E-state index contributed by atoms with van der Waals surface area (Å²) in [4.78, 5) is 23.0. The van der Waals surface area contributed by atoms with Crippen molar-refractivity contribution in [2.45, 2.75) is 13.8 Å². The van der Waals surface area contributed by atoms with Crippen LogP contribution in [0, 0.1) is 6.92 Å². The summed E-state index contributed by atoms with van der Waals surface area (Å²) in [6.45, 7) is 3.28. The van der Waals surface area contributed by atoms with Gasteiger partial charge in [0.2, 0.25) is 5.91 Å². The number of benzene rings is 2. The smallest absolute Gasteiger partial charge is 0.262 e. The minimum atomic E-state index is -0.264. The number of anilines is 2. The lowest BCUT2D eigenvalue weighted by Crippen LogP contribution is -2.20. The molecule has 2 rings (SSSR count). The summed E-state index contributed by atoms with van der Waals surface area (Å²) in [5, 5.41) is 5.43. The summed E-state index contributed by atoms with van der Waals surface area (Å²) in [5.41, 5.74) is 2.41. The number of aryl methyl sites for hydroxylation is 1. The molecule has 0 saturated carbocycles. The third kappa shape index (κ3) is 5.41. The van der Waals surface area contributed by atoms with E-state index in [-0.39, 0.29) is 18.4 Å². The van der Waals surface area contributed by atoms with E-state index in [0.29, 0.717) is 17.1 Å². The standard InChI is InChI=1S/C17H17BrN2O3/c1-11-6-7-16(15(18)8-11)20-17(22)10-23-14-5-3-4-13(9-14)19-12(2)21/h3-9H,10H2,1-2H3,(H,19,21)(H,20,22). The molecule has 0 saturated heterocycles. The number of carbonyl (C=O) groups is 2. The molecule has 2 aromatic carbocycles. The van der Waals surface area contributed by atoms with Crippen LogP contribution < -0.4 is 15.4 Å². The molecule has 23 heavy (non-hydrogen) atoms. The van der Waals surface area contributed by atoms with Crippen LogP contribution in [0.2, 0.25) is 0 Å². The summed E-state index contributed by atoms with van der Waals surface area (Å²) in [6.07, 6.45) is 0. The predicted octanol–water partition coefficient (Wildman–Crippen LogP) is 3.73. The summed E-state index contributed by atoms with van der Waals surface area (Å²) >= 11 is 3.41. The van der Waals surface area contributed by atoms with Crippen molar-refractivity contribution in [3.8, 4) is 5.75 Å². The fraction of sp³-hybridized carbons (Fsp3) is 0.176. The van der Waals surface area contributed by atoms with Gasteiger partial charge < -0.3 is 15.4 Å². The van der Waals surface area contributed by atoms with Gasteiger partial charge in [-0.3, -0.25) is 9.59 Å². The zero-order chi connectivity index (χ0) is 16.8. The molecule has 0 unspecified atom stereocenters. The average Bonchev–Trinajstić information content (AvgIpc) is 2.48. The Balaban J connectivity index is 1.92. The molecule has 0 aliphatic rings. The van der Waals surface area contributed by atoms with E-state index in [4.69, 9.17) is 4.74 Å². The van der Waals surface area contributed by atoms with Crippen molar-refractivity contribution in [2.75, 3.05) is 17.2 Å². The molecule has 6 heteroatoms. The average molecular weight is 377 g/mol. The van der Waals surface area contributed by atoms with E-state index in [2.05, 4.69) is 26.6 Å². The topological polar surface area (TPSA) is 67.4 Å². The molecule has 0 fully saturated rings. The van der Waals surface area contributed by atoms with Crippen LogP contribution in [0.5, 0.6) is 5.75 Å². The minimum absolute atomic E-state index is 0.121. The van der Waals surface area contributed by atoms with E-state index in [1.807, 2.05) is 25.1 Å². The molecule has 0 radical (unpaired) electrons. The number of halogens is 1. The Kier molecular flexibility index (Phi) is 5.76. The minimum Gasteiger partial charge on any atom is -0.484 e. The van der Waals surface area contributed by atoms with Crippen molar-refractivity contribution in [2.24, 2.45) is 0 Å². The molecule has 0 aromatic heterocycles. The third-order valence-corrected chi connectivity index (χ3v) is 3.58. The van der Waals surface area contributed by atoms with Gasteiger partial charge in [-0.05, 0) is 52.7 Å². The highest BCUT2D eigenvalue weighted by molar-refractivity contribution is 9.10. The number of ether oxygens (including phenoxy) is 1. The predicted molar refractivity (Wildman–Crippen MR) is 93.7 cm³/mol. The van der Waals surface area contributed by atoms with Crippen molar-refractivity contribution in [1.82, 2.24) is 0 Å². The lowest BCUT2D eigenvalue weighted by Gasteiger charge is -2.10. The monoisotopic (exact) mass is 376 g/mol. The Morgan fingerprint density at radius 1 is 1.13 bits per heavy atom. The van der Waals surface area contributed by atoms with Gasteiger partial charge in [0, 0.05) is 23.2 Å². The Morgan fingerprint density at radius 3 is 2.61 bits per heavy atom. The maximum atomic E-state index is 12.0. The fourth-order valence-corrected chi connectivity index (χ4v) is 2.52. The van der Waals surface area contributed by atoms with Gasteiger partial charge in [0.15, 0.2) is 6.61 Å². The van der Waals surface area contributed by atoms with Crippen LogP contribution in [0.3, 0.4) is 0 Å². The van der Waals surface area contributed by atoms with Crippen LogP contribution >= 0.6 is 15.9 Å². The molecule has 120 valence electrons. The van der Waals surface area contributed by atoms with E-state index < -0.39 is 0 Å². The molecule has 0 spiro atoms. The van der Waals surface area contributed by atoms with Crippen LogP contribution in [-0.2, 0) is 9.59 Å². The largest absolute Gasteiger partial charge is 0.484 e. The van der Waals surface area contributed by atoms with Gasteiger partial charge in [-0.25, -0.2) is 0 Å². The summed E-state index contributed by atoms with van der Waals surface area (Å²) in [6, 6.07) is 12.5. The maximum Gasteiger partial charge on any atom is 0.262 e. The normalized spacial score (nSPS) is 10.0. The fourth-order valence-electron chi connectivity index (χ4n) is 1.92. The summed E-state index contributed by atoms with van der Waals surface area (Å²) in [7, 11) is 0. The molecule has 2 N–H and O–H groups in total. The summed E-state index contributed by atoms with van der Waals surface area (Å²) < 4.78 is 6.27. The Hall–Kier alpha value is -2.34. The van der Waals surface area contributed by atoms with Gasteiger partial charge in [0.05, 0.1) is 5.69 Å². The van der Waals surface area contributed by atoms with Gasteiger partial charge >= 0.3 is 0 Å². The van der Waals surface area contributed by atoms with Crippen LogP contribution in [0.4, 0.5) is 11.4 Å². The Morgan fingerprint density at radius 2 is 1.91 bits per heavy atom. The molecule has 0 heterocycles. The van der Waals surface area contributed by atoms with Gasteiger partial charge in [0.25, 0.3) is 5.91 Å². The van der Waals surface area contributed by atoms with Crippen molar-refractivity contribution < 1.29 is 14.3 Å². The first-order chi connectivity index (χ1) is 10.9. The number of hydrogen-bond donors (Lipinski definition) is 2. The first kappa shape index (κ1) is 17.0. The first-order valence-corrected chi connectivity index (χ1v) is 7.80. The van der Waals surface area contributed by atoms with Gasteiger partial charge in [-0.2, -0.15) is 0 Å². The first-order valence-electron chi connectivity index (χ1n) is 7.00. The van der Waals surface area contributed by atoms with Crippen LogP contribution in [0.25, 0.3) is 0 Å². The highest BCUT2D eigenvalue weighted by atomic mass is 79.9. The van der Waals surface area contributed by atoms with Gasteiger partial charge in [-0.15, -0.1) is 0 Å². The summed E-state index contributed by atoms with van der Waals surface area (Å²) in [5.74, 6) is 0.0815. The molecule has 2 amide bonds. The van der Waals surface area contributed by atoms with Crippen LogP contribution in [0.15, 0.2) is 46.9 Å². The Bertz CT molecular complexity index is 732. The highest BCUT2D eigenvalue weighted by Crippen LogP contribution is 2.23. The lowest BCUT2D eigenvalue weighted by atomic mass is 10.2. The van der Waals surface area contributed by atoms with E-state index in [0.717, 1.165) is 10.0 Å². The zero-order valence-corrected chi connectivity index (χ0v) is 14.4. The zero-order valence-electron chi connectivity index (χ0n) is 12.9. The molecular formula is C17H17BrN2O3. The molecule has 0 atom stereocenters. The molecule has 0 aliphatic heterocycles. The molecular weight excluding hydrogens is 360 g/mol. The highest BCUT2D eigenvalue weighted by Gasteiger charge is 2.07. The number of hydrogen-bond acceptors (Lipinski definition) is 3. The third-order valence-electron chi connectivity index (χ3n) is 2.92. The van der Waals surface area contributed by atoms with Crippen molar-refractivity contribution in [3.63, 3.8) is 0 Å². The van der Waals surface area contributed by atoms with Crippen molar-refractivity contribution >= 4 is 39.1 Å². The molecule has 0 bridgehead atoms. The number of rotatable bonds is 5. The van der Waals surface area contributed by atoms with Crippen LogP contribution in [0.1, 0.15) is 12.5 Å². The van der Waals surface area contributed by atoms with E-state index in [1.54, 1.807) is 24.3 Å². The number of nitrogens with one attached hydrogen (secondary N) is 2. The lowest BCUT2D eigenvalue weighted by molar-refractivity contribution is -0.118. The van der Waals surface area contributed by atoms with Gasteiger partial charge in [-0.1, -0.05) is 12.1 Å².